The molecule has 3 aromatic carbocycles. The number of anilines is 1. The third-order valence-corrected chi connectivity index (χ3v) is 7.80. The number of nitrogens with one attached hydrogen (secondary N) is 1. The molecule has 0 bridgehead atoms. The fraction of sp³-hybridized carbons (Fsp3) is 0.174. The van der Waals surface area contributed by atoms with Crippen LogP contribution in [0.25, 0.3) is 0 Å². The van der Waals surface area contributed by atoms with Gasteiger partial charge in [-0.15, -0.1) is 0 Å². The molecular weight excluding hydrogens is 482 g/mol. The Kier molecular flexibility index (Phi) is 6.22. The summed E-state index contributed by atoms with van der Waals surface area (Å²) in [5, 5.41) is 4.84. The fourth-order valence-electron chi connectivity index (χ4n) is 3.76. The van der Waals surface area contributed by atoms with Gasteiger partial charge in [-0.1, -0.05) is 54.1 Å². The van der Waals surface area contributed by atoms with Gasteiger partial charge in [0.05, 0.1) is 22.9 Å². The van der Waals surface area contributed by atoms with E-state index in [1.807, 2.05) is 31.2 Å². The van der Waals surface area contributed by atoms with E-state index in [4.69, 9.17) is 11.6 Å². The van der Waals surface area contributed by atoms with Crippen molar-refractivity contribution in [1.82, 2.24) is 4.41 Å². The molecule has 0 radical (unpaired) electrons. The largest absolute Gasteiger partial charge is 0.284 e. The van der Waals surface area contributed by atoms with E-state index in [0.29, 0.717) is 28.4 Å². The second-order valence-corrected chi connectivity index (χ2v) is 11.8. The van der Waals surface area contributed by atoms with Gasteiger partial charge in [0.1, 0.15) is 0 Å². The molecule has 3 aromatic rings. The van der Waals surface area contributed by atoms with Gasteiger partial charge >= 0.3 is 0 Å². The van der Waals surface area contributed by atoms with Crippen LogP contribution in [0, 0.1) is 6.92 Å². The first-order chi connectivity index (χ1) is 15.5. The lowest BCUT2D eigenvalue weighted by molar-refractivity contribution is 0.370. The number of aryl methyl sites for hydroxylation is 1. The maximum absolute atomic E-state index is 13.6. The zero-order chi connectivity index (χ0) is 23.8. The summed E-state index contributed by atoms with van der Waals surface area (Å²) < 4.78 is 53.6. The normalized spacial score (nSPS) is 16.5. The molecule has 0 spiro atoms. The van der Waals surface area contributed by atoms with Crippen molar-refractivity contribution >= 4 is 43.0 Å². The van der Waals surface area contributed by atoms with Gasteiger partial charge in [-0.3, -0.25) is 4.72 Å². The Balaban J connectivity index is 1.76. The molecule has 1 N–H and O–H groups in total. The van der Waals surface area contributed by atoms with Crippen LogP contribution >= 0.6 is 11.6 Å². The van der Waals surface area contributed by atoms with Gasteiger partial charge in [-0.25, -0.2) is 8.42 Å². The minimum absolute atomic E-state index is 0.0614. The summed E-state index contributed by atoms with van der Waals surface area (Å²) in [6.07, 6.45) is 1.44. The Morgan fingerprint density at radius 3 is 2.30 bits per heavy atom. The summed E-state index contributed by atoms with van der Waals surface area (Å²) >= 11 is 6.05. The number of hydrogen-bond donors (Lipinski definition) is 1. The van der Waals surface area contributed by atoms with Crippen molar-refractivity contribution in [3.8, 4) is 0 Å². The van der Waals surface area contributed by atoms with Crippen molar-refractivity contribution < 1.29 is 16.8 Å². The SMILES string of the molecule is Cc1ccccc1C1CC(c2ccc(NS(C)(=O)=O)cc2)=NN1S(=O)(=O)c1cccc(Cl)c1. The van der Waals surface area contributed by atoms with Gasteiger partial charge in [-0.05, 0) is 53.9 Å². The van der Waals surface area contributed by atoms with E-state index in [-0.39, 0.29) is 4.90 Å². The zero-order valence-electron chi connectivity index (χ0n) is 17.9. The van der Waals surface area contributed by atoms with Crippen LogP contribution in [0.3, 0.4) is 0 Å². The van der Waals surface area contributed by atoms with Crippen LogP contribution in [-0.4, -0.2) is 33.2 Å². The number of rotatable bonds is 6. The van der Waals surface area contributed by atoms with Crippen molar-refractivity contribution in [1.29, 1.82) is 0 Å². The van der Waals surface area contributed by atoms with E-state index in [1.165, 1.54) is 12.1 Å². The minimum atomic E-state index is -3.98. The predicted molar refractivity (Wildman–Crippen MR) is 130 cm³/mol. The molecule has 1 atom stereocenters. The number of halogens is 1. The van der Waals surface area contributed by atoms with Gasteiger partial charge < -0.3 is 0 Å². The molecule has 7 nitrogen and oxygen atoms in total. The Labute approximate surface area is 198 Å². The van der Waals surface area contributed by atoms with Crippen molar-refractivity contribution in [2.24, 2.45) is 5.10 Å². The Bertz CT molecular complexity index is 1440. The lowest BCUT2D eigenvalue weighted by atomic mass is 9.96. The molecule has 1 heterocycles. The average Bonchev–Trinajstić information content (AvgIpc) is 3.19. The first-order valence-corrected chi connectivity index (χ1v) is 13.8. The van der Waals surface area contributed by atoms with Crippen LogP contribution < -0.4 is 4.72 Å². The first-order valence-electron chi connectivity index (χ1n) is 10.1. The van der Waals surface area contributed by atoms with Crippen LogP contribution in [0.1, 0.15) is 29.2 Å². The van der Waals surface area contributed by atoms with Crippen LogP contribution in [0.2, 0.25) is 5.02 Å². The highest BCUT2D eigenvalue weighted by atomic mass is 35.5. The molecule has 0 saturated heterocycles. The Hall–Kier alpha value is -2.88. The lowest BCUT2D eigenvalue weighted by Gasteiger charge is -2.24. The van der Waals surface area contributed by atoms with E-state index in [0.717, 1.165) is 21.8 Å². The molecular formula is C23H22ClN3O4S2. The molecule has 0 amide bonds. The molecule has 1 unspecified atom stereocenters. The highest BCUT2D eigenvalue weighted by Gasteiger charge is 2.38. The average molecular weight is 504 g/mol. The van der Waals surface area contributed by atoms with E-state index in [2.05, 4.69) is 9.82 Å². The summed E-state index contributed by atoms with van der Waals surface area (Å²) in [4.78, 5) is 0.0614. The second kappa shape index (κ2) is 8.81. The van der Waals surface area contributed by atoms with E-state index >= 15 is 0 Å². The first kappa shape index (κ1) is 23.3. The lowest BCUT2D eigenvalue weighted by Crippen LogP contribution is -2.27. The predicted octanol–water partition coefficient (Wildman–Crippen LogP) is 4.56. The van der Waals surface area contributed by atoms with Crippen LogP contribution in [0.15, 0.2) is 82.8 Å². The van der Waals surface area contributed by atoms with Crippen molar-refractivity contribution in [2.75, 3.05) is 11.0 Å². The molecule has 10 heteroatoms. The molecule has 1 aliphatic rings. The van der Waals surface area contributed by atoms with Crippen LogP contribution in [0.5, 0.6) is 0 Å². The highest BCUT2D eigenvalue weighted by molar-refractivity contribution is 7.92. The Morgan fingerprint density at radius 2 is 1.67 bits per heavy atom. The fourth-order valence-corrected chi connectivity index (χ4v) is 6.05. The van der Waals surface area contributed by atoms with Crippen LogP contribution in [0.4, 0.5) is 5.69 Å². The van der Waals surface area contributed by atoms with Crippen LogP contribution in [-0.2, 0) is 20.0 Å². The number of nitrogens with zero attached hydrogens (tertiary/aromatic N) is 2. The summed E-state index contributed by atoms with van der Waals surface area (Å²) in [5.74, 6) is 0. The molecule has 1 aliphatic heterocycles. The maximum atomic E-state index is 13.6. The van der Waals surface area contributed by atoms with Crippen molar-refractivity contribution in [3.63, 3.8) is 0 Å². The third-order valence-electron chi connectivity index (χ3n) is 5.28. The molecule has 0 fully saturated rings. The molecule has 172 valence electrons. The molecule has 4 rings (SSSR count). The maximum Gasteiger partial charge on any atom is 0.279 e. The molecule has 33 heavy (non-hydrogen) atoms. The number of hydrogen-bond acceptors (Lipinski definition) is 5. The number of benzene rings is 3. The monoisotopic (exact) mass is 503 g/mol. The van der Waals surface area contributed by atoms with E-state index < -0.39 is 26.1 Å². The number of sulfonamides is 2. The van der Waals surface area contributed by atoms with Gasteiger partial charge in [0, 0.05) is 17.1 Å². The van der Waals surface area contributed by atoms with Crippen molar-refractivity contribution in [2.45, 2.75) is 24.3 Å². The molecule has 0 aliphatic carbocycles. The van der Waals surface area contributed by atoms with E-state index in [9.17, 15) is 16.8 Å². The number of hydrazone groups is 1. The molecule has 0 saturated carbocycles. The van der Waals surface area contributed by atoms with Gasteiger partial charge in [-0.2, -0.15) is 17.9 Å². The smallest absolute Gasteiger partial charge is 0.279 e. The summed E-state index contributed by atoms with van der Waals surface area (Å²) in [5.41, 5.74) is 3.52. The summed E-state index contributed by atoms with van der Waals surface area (Å²) in [6.45, 7) is 1.93. The zero-order valence-corrected chi connectivity index (χ0v) is 20.3. The third kappa shape index (κ3) is 5.05. The second-order valence-electron chi connectivity index (χ2n) is 7.81. The minimum Gasteiger partial charge on any atom is -0.284 e. The summed E-state index contributed by atoms with van der Waals surface area (Å²) in [7, 11) is -7.38. The standard InChI is InChI=1S/C23H22ClN3O4S2/c1-16-6-3-4-9-21(16)23-15-22(17-10-12-19(13-11-17)26-32(2,28)29)25-27(23)33(30,31)20-8-5-7-18(24)14-20/h3-14,23,26H,15H2,1-2H3. The quantitative estimate of drug-likeness (QED) is 0.533. The molecule has 0 aromatic heterocycles. The topological polar surface area (TPSA) is 95.9 Å². The highest BCUT2D eigenvalue weighted by Crippen LogP contribution is 2.38. The summed E-state index contributed by atoms with van der Waals surface area (Å²) in [6, 6.07) is 19.9. The van der Waals surface area contributed by atoms with Crippen molar-refractivity contribution in [3.05, 3.63) is 94.5 Å². The van der Waals surface area contributed by atoms with Gasteiger partial charge in [0.25, 0.3) is 10.0 Å². The van der Waals surface area contributed by atoms with Gasteiger partial charge in [0.2, 0.25) is 10.0 Å². The van der Waals surface area contributed by atoms with E-state index in [1.54, 1.807) is 36.4 Å². The Morgan fingerprint density at radius 1 is 0.970 bits per heavy atom. The van der Waals surface area contributed by atoms with Gasteiger partial charge in [0.15, 0.2) is 0 Å².